The molecule has 1 heterocycles. The van der Waals surface area contributed by atoms with Crippen LogP contribution in [0.4, 0.5) is 4.39 Å². The summed E-state index contributed by atoms with van der Waals surface area (Å²) in [4.78, 5) is 7.44. The van der Waals surface area contributed by atoms with E-state index in [1.165, 1.54) is 12.1 Å². The number of guanidine groups is 1. The third kappa shape index (κ3) is 7.46. The molecule has 0 bridgehead atoms. The van der Waals surface area contributed by atoms with Crippen LogP contribution in [0.2, 0.25) is 0 Å². The molecule has 1 aromatic heterocycles. The molecule has 0 aliphatic carbocycles. The second-order valence-electron chi connectivity index (χ2n) is 5.61. The highest BCUT2D eigenvalue weighted by Crippen LogP contribution is 2.19. The van der Waals surface area contributed by atoms with Crippen LogP contribution >= 0.6 is 24.0 Å². The lowest BCUT2D eigenvalue weighted by Crippen LogP contribution is -2.39. The predicted molar refractivity (Wildman–Crippen MR) is 114 cm³/mol. The number of benzene rings is 1. The van der Waals surface area contributed by atoms with Gasteiger partial charge in [-0.1, -0.05) is 0 Å². The predicted octanol–water partition coefficient (Wildman–Crippen LogP) is 1.57. The normalized spacial score (nSPS) is 12.0. The number of aromatic nitrogens is 1. The van der Waals surface area contributed by atoms with Crippen LogP contribution in [0.5, 0.6) is 0 Å². The van der Waals surface area contributed by atoms with Gasteiger partial charge >= 0.3 is 0 Å². The van der Waals surface area contributed by atoms with Crippen molar-refractivity contribution in [3.8, 4) is 0 Å². The van der Waals surface area contributed by atoms with E-state index < -0.39 is 10.0 Å². The van der Waals surface area contributed by atoms with Gasteiger partial charge in [-0.15, -0.1) is 24.0 Å². The first kappa shape index (κ1) is 22.6. The maximum Gasteiger partial charge on any atom is 0.208 e. The van der Waals surface area contributed by atoms with Crippen molar-refractivity contribution in [1.82, 2.24) is 20.3 Å². The molecule has 0 unspecified atom stereocenters. The van der Waals surface area contributed by atoms with E-state index in [1.807, 2.05) is 13.1 Å². The maximum atomic E-state index is 13.4. The number of fused-ring (bicyclic) bond motifs is 1. The van der Waals surface area contributed by atoms with E-state index in [-0.39, 0.29) is 36.3 Å². The SMILES string of the molecule is CCNC(=NCCNS(C)(=O)=O)NCCc1c[nH]c2ccc(F)cc12.I. The highest BCUT2D eigenvalue weighted by atomic mass is 127. The molecule has 4 N–H and O–H groups in total. The maximum absolute atomic E-state index is 13.4. The number of H-pyrrole nitrogens is 1. The molecule has 146 valence electrons. The lowest BCUT2D eigenvalue weighted by molar-refractivity contribution is 0.588. The minimum absolute atomic E-state index is 0. The van der Waals surface area contributed by atoms with Gasteiger partial charge in [0.1, 0.15) is 5.82 Å². The van der Waals surface area contributed by atoms with Gasteiger partial charge < -0.3 is 15.6 Å². The second kappa shape index (κ2) is 10.7. The summed E-state index contributed by atoms with van der Waals surface area (Å²) in [5.74, 6) is 0.360. The second-order valence-corrected chi connectivity index (χ2v) is 7.44. The van der Waals surface area contributed by atoms with Crippen molar-refractivity contribution in [3.63, 3.8) is 0 Å². The number of aliphatic imine (C=N–C) groups is 1. The number of nitrogens with one attached hydrogen (secondary N) is 4. The average molecular weight is 497 g/mol. The number of aromatic amines is 1. The standard InChI is InChI=1S/C16H24FN5O2S.HI/c1-3-18-16(20-8-9-22-25(2,23)24)19-7-6-12-11-21-15-5-4-13(17)10-14(12)15;/h4-5,10-11,21-22H,3,6-9H2,1-2H3,(H2,18,19,20);1H. The Morgan fingerprint density at radius 1 is 1.27 bits per heavy atom. The zero-order valence-corrected chi connectivity index (χ0v) is 17.9. The summed E-state index contributed by atoms with van der Waals surface area (Å²) in [6, 6.07) is 4.68. The molecule has 0 aliphatic rings. The van der Waals surface area contributed by atoms with Crippen LogP contribution in [0.3, 0.4) is 0 Å². The lowest BCUT2D eigenvalue weighted by atomic mass is 10.1. The highest BCUT2D eigenvalue weighted by molar-refractivity contribution is 14.0. The molecule has 0 atom stereocenters. The molecule has 2 aromatic rings. The van der Waals surface area contributed by atoms with Crippen molar-refractivity contribution >= 4 is 50.9 Å². The Labute approximate surface area is 170 Å². The van der Waals surface area contributed by atoms with Crippen LogP contribution in [0, 0.1) is 5.82 Å². The fraction of sp³-hybridized carbons (Fsp3) is 0.438. The van der Waals surface area contributed by atoms with Gasteiger partial charge in [0.25, 0.3) is 0 Å². The topological polar surface area (TPSA) is 98.4 Å². The highest BCUT2D eigenvalue weighted by Gasteiger charge is 2.05. The van der Waals surface area contributed by atoms with E-state index >= 15 is 0 Å². The van der Waals surface area contributed by atoms with E-state index in [9.17, 15) is 12.8 Å². The quantitative estimate of drug-likeness (QED) is 0.193. The Kier molecular flexibility index (Phi) is 9.30. The first-order chi connectivity index (χ1) is 11.9. The molecule has 0 saturated heterocycles. The van der Waals surface area contributed by atoms with Gasteiger partial charge in [0, 0.05) is 36.7 Å². The van der Waals surface area contributed by atoms with E-state index in [2.05, 4.69) is 25.3 Å². The van der Waals surface area contributed by atoms with E-state index in [0.29, 0.717) is 32.0 Å². The number of hydrogen-bond acceptors (Lipinski definition) is 3. The fourth-order valence-electron chi connectivity index (χ4n) is 2.41. The summed E-state index contributed by atoms with van der Waals surface area (Å²) in [6.45, 7) is 3.85. The zero-order valence-electron chi connectivity index (χ0n) is 14.8. The Hall–Kier alpha value is -1.40. The Bertz CT molecular complexity index is 838. The van der Waals surface area contributed by atoms with Crippen molar-refractivity contribution in [2.24, 2.45) is 4.99 Å². The van der Waals surface area contributed by atoms with Gasteiger partial charge in [0.05, 0.1) is 12.8 Å². The van der Waals surface area contributed by atoms with Gasteiger partial charge in [0.15, 0.2) is 5.96 Å². The molecular formula is C16H25FIN5O2S. The van der Waals surface area contributed by atoms with Crippen LogP contribution in [-0.2, 0) is 16.4 Å². The largest absolute Gasteiger partial charge is 0.361 e. The Morgan fingerprint density at radius 2 is 2.04 bits per heavy atom. The summed E-state index contributed by atoms with van der Waals surface area (Å²) < 4.78 is 37.8. The number of halogens is 2. The van der Waals surface area contributed by atoms with E-state index in [0.717, 1.165) is 22.7 Å². The van der Waals surface area contributed by atoms with Crippen LogP contribution in [0.15, 0.2) is 29.4 Å². The van der Waals surface area contributed by atoms with Crippen molar-refractivity contribution < 1.29 is 12.8 Å². The smallest absolute Gasteiger partial charge is 0.208 e. The van der Waals surface area contributed by atoms with Crippen molar-refractivity contribution in [2.45, 2.75) is 13.3 Å². The molecule has 0 fully saturated rings. The minimum Gasteiger partial charge on any atom is -0.361 e. The molecule has 2 rings (SSSR count). The van der Waals surface area contributed by atoms with Crippen molar-refractivity contribution in [3.05, 3.63) is 35.8 Å². The lowest BCUT2D eigenvalue weighted by Gasteiger charge is -2.11. The number of nitrogens with zero attached hydrogens (tertiary/aromatic N) is 1. The zero-order chi connectivity index (χ0) is 18.3. The molecule has 0 saturated carbocycles. The molecular weight excluding hydrogens is 472 g/mol. The fourth-order valence-corrected chi connectivity index (χ4v) is 2.88. The molecule has 26 heavy (non-hydrogen) atoms. The number of hydrogen-bond donors (Lipinski definition) is 4. The molecule has 7 nitrogen and oxygen atoms in total. The first-order valence-electron chi connectivity index (χ1n) is 8.11. The van der Waals surface area contributed by atoms with Crippen LogP contribution in [0.1, 0.15) is 12.5 Å². The summed E-state index contributed by atoms with van der Waals surface area (Å²) in [6.07, 6.45) is 3.70. The third-order valence-corrected chi connectivity index (χ3v) is 4.23. The van der Waals surface area contributed by atoms with E-state index in [4.69, 9.17) is 0 Å². The summed E-state index contributed by atoms with van der Waals surface area (Å²) in [5.41, 5.74) is 1.93. The minimum atomic E-state index is -3.20. The van der Waals surface area contributed by atoms with Gasteiger partial charge in [-0.05, 0) is 37.1 Å². The average Bonchev–Trinajstić information content (AvgIpc) is 2.93. The third-order valence-electron chi connectivity index (χ3n) is 3.51. The summed E-state index contributed by atoms with van der Waals surface area (Å²) >= 11 is 0. The van der Waals surface area contributed by atoms with Gasteiger partial charge in [-0.3, -0.25) is 4.99 Å². The van der Waals surface area contributed by atoms with Crippen LogP contribution < -0.4 is 15.4 Å². The van der Waals surface area contributed by atoms with E-state index in [1.54, 1.807) is 6.07 Å². The molecule has 0 radical (unpaired) electrons. The molecule has 0 aliphatic heterocycles. The van der Waals surface area contributed by atoms with Crippen LogP contribution in [-0.4, -0.2) is 51.8 Å². The van der Waals surface area contributed by atoms with Gasteiger partial charge in [0.2, 0.25) is 10.0 Å². The Balaban J connectivity index is 0.00000338. The van der Waals surface area contributed by atoms with Crippen LogP contribution in [0.25, 0.3) is 10.9 Å². The summed E-state index contributed by atoms with van der Waals surface area (Å²) in [5, 5.41) is 7.17. The van der Waals surface area contributed by atoms with Gasteiger partial charge in [-0.25, -0.2) is 17.5 Å². The van der Waals surface area contributed by atoms with Crippen molar-refractivity contribution in [2.75, 3.05) is 32.4 Å². The molecule has 0 spiro atoms. The van der Waals surface area contributed by atoms with Crippen molar-refractivity contribution in [1.29, 1.82) is 0 Å². The molecule has 10 heteroatoms. The first-order valence-corrected chi connectivity index (χ1v) is 10.0. The Morgan fingerprint density at radius 3 is 2.73 bits per heavy atom. The monoisotopic (exact) mass is 497 g/mol. The molecule has 0 amide bonds. The summed E-state index contributed by atoms with van der Waals surface area (Å²) in [7, 11) is -3.20. The molecule has 1 aromatic carbocycles. The number of rotatable bonds is 8. The number of sulfonamides is 1. The van der Waals surface area contributed by atoms with Gasteiger partial charge in [-0.2, -0.15) is 0 Å².